The van der Waals surface area contributed by atoms with Gasteiger partial charge < -0.3 is 14.5 Å². The van der Waals surface area contributed by atoms with Gasteiger partial charge in [-0.15, -0.1) is 0 Å². The number of hydrogen-bond donors (Lipinski definition) is 1. The van der Waals surface area contributed by atoms with E-state index in [1.54, 1.807) is 24.3 Å². The third-order valence-electron chi connectivity index (χ3n) is 3.53. The van der Waals surface area contributed by atoms with Crippen LogP contribution >= 0.6 is 34.2 Å². The fraction of sp³-hybridized carbons (Fsp3) is 0.105. The number of anilines is 1. The molecule has 6 heteroatoms. The largest absolute Gasteiger partial charge is 0.486 e. The standard InChI is InChI=1S/C19H15ClINO3/c1-12-2-3-13(20)10-17(12)22-19(23)18-9-8-16(25-18)11-24-15-6-4-14(21)5-7-15/h2-10H,11H2,1H3,(H,22,23). The zero-order valence-electron chi connectivity index (χ0n) is 13.4. The average molecular weight is 468 g/mol. The van der Waals surface area contributed by atoms with Crippen LogP contribution < -0.4 is 10.1 Å². The maximum Gasteiger partial charge on any atom is 0.291 e. The second kappa shape index (κ2) is 7.93. The first kappa shape index (κ1) is 17.8. The average Bonchev–Trinajstić information content (AvgIpc) is 3.07. The van der Waals surface area contributed by atoms with Gasteiger partial charge in [-0.3, -0.25) is 4.79 Å². The molecule has 4 nitrogen and oxygen atoms in total. The van der Waals surface area contributed by atoms with Crippen LogP contribution in [-0.4, -0.2) is 5.91 Å². The van der Waals surface area contributed by atoms with Crippen molar-refractivity contribution in [1.82, 2.24) is 0 Å². The molecule has 0 aliphatic heterocycles. The first-order valence-corrected chi connectivity index (χ1v) is 9.01. The first-order valence-electron chi connectivity index (χ1n) is 7.56. The Kier molecular flexibility index (Phi) is 5.65. The molecule has 0 saturated carbocycles. The Balaban J connectivity index is 1.63. The van der Waals surface area contributed by atoms with Crippen LogP contribution in [-0.2, 0) is 6.61 Å². The van der Waals surface area contributed by atoms with E-state index in [4.69, 9.17) is 20.8 Å². The Labute approximate surface area is 164 Å². The monoisotopic (exact) mass is 467 g/mol. The number of halogens is 2. The number of carbonyl (C=O) groups is 1. The summed E-state index contributed by atoms with van der Waals surface area (Å²) in [5, 5.41) is 3.36. The lowest BCUT2D eigenvalue weighted by Gasteiger charge is -2.07. The van der Waals surface area contributed by atoms with Crippen molar-refractivity contribution in [2.24, 2.45) is 0 Å². The second-order valence-corrected chi connectivity index (χ2v) is 7.10. The topological polar surface area (TPSA) is 51.5 Å². The molecule has 0 unspecified atom stereocenters. The van der Waals surface area contributed by atoms with Gasteiger partial charge in [-0.2, -0.15) is 0 Å². The van der Waals surface area contributed by atoms with Crippen molar-refractivity contribution in [2.45, 2.75) is 13.5 Å². The summed E-state index contributed by atoms with van der Waals surface area (Å²) in [6.07, 6.45) is 0. The molecular formula is C19H15ClINO3. The number of nitrogens with one attached hydrogen (secondary N) is 1. The van der Waals surface area contributed by atoms with Crippen molar-refractivity contribution < 1.29 is 13.9 Å². The van der Waals surface area contributed by atoms with Crippen LogP contribution in [0.2, 0.25) is 5.02 Å². The van der Waals surface area contributed by atoms with Crippen LogP contribution in [0.1, 0.15) is 21.9 Å². The third-order valence-corrected chi connectivity index (χ3v) is 4.48. The molecular weight excluding hydrogens is 453 g/mol. The molecule has 0 bridgehead atoms. The summed E-state index contributed by atoms with van der Waals surface area (Å²) in [7, 11) is 0. The summed E-state index contributed by atoms with van der Waals surface area (Å²) in [5.41, 5.74) is 1.58. The number of carbonyl (C=O) groups excluding carboxylic acids is 1. The quantitative estimate of drug-likeness (QED) is 0.491. The van der Waals surface area contributed by atoms with E-state index >= 15 is 0 Å². The van der Waals surface area contributed by atoms with E-state index in [1.807, 2.05) is 37.3 Å². The van der Waals surface area contributed by atoms with E-state index < -0.39 is 0 Å². The lowest BCUT2D eigenvalue weighted by molar-refractivity contribution is 0.0992. The van der Waals surface area contributed by atoms with Crippen molar-refractivity contribution in [3.8, 4) is 5.75 Å². The Bertz CT molecular complexity index is 890. The van der Waals surface area contributed by atoms with Crippen molar-refractivity contribution in [3.63, 3.8) is 0 Å². The molecule has 0 aliphatic rings. The summed E-state index contributed by atoms with van der Waals surface area (Å²) in [6.45, 7) is 2.15. The Hall–Kier alpha value is -1.99. The van der Waals surface area contributed by atoms with Crippen molar-refractivity contribution in [1.29, 1.82) is 0 Å². The molecule has 0 spiro atoms. The van der Waals surface area contributed by atoms with Crippen molar-refractivity contribution in [3.05, 3.63) is 80.3 Å². The highest BCUT2D eigenvalue weighted by Gasteiger charge is 2.13. The zero-order chi connectivity index (χ0) is 17.8. The number of aryl methyl sites for hydroxylation is 1. The molecule has 3 rings (SSSR count). The number of rotatable bonds is 5. The summed E-state index contributed by atoms with van der Waals surface area (Å²) in [4.78, 5) is 12.3. The number of furan rings is 1. The van der Waals surface area contributed by atoms with Gasteiger partial charge in [-0.05, 0) is 83.6 Å². The van der Waals surface area contributed by atoms with E-state index in [1.165, 1.54) is 0 Å². The number of benzene rings is 2. The predicted molar refractivity (Wildman–Crippen MR) is 106 cm³/mol. The van der Waals surface area contributed by atoms with E-state index in [9.17, 15) is 4.79 Å². The van der Waals surface area contributed by atoms with Gasteiger partial charge in [-0.1, -0.05) is 17.7 Å². The fourth-order valence-electron chi connectivity index (χ4n) is 2.18. The van der Waals surface area contributed by atoms with Crippen molar-refractivity contribution in [2.75, 3.05) is 5.32 Å². The lowest BCUT2D eigenvalue weighted by Crippen LogP contribution is -2.11. The van der Waals surface area contributed by atoms with Crippen molar-refractivity contribution >= 4 is 45.8 Å². The van der Waals surface area contributed by atoms with E-state index in [2.05, 4.69) is 27.9 Å². The number of amides is 1. The lowest BCUT2D eigenvalue weighted by atomic mass is 10.2. The van der Waals surface area contributed by atoms with Crippen LogP contribution in [0.5, 0.6) is 5.75 Å². The smallest absolute Gasteiger partial charge is 0.291 e. The molecule has 0 aliphatic carbocycles. The molecule has 1 heterocycles. The molecule has 0 saturated heterocycles. The molecule has 25 heavy (non-hydrogen) atoms. The van der Waals surface area contributed by atoms with E-state index in [0.717, 1.165) is 14.9 Å². The van der Waals surface area contributed by atoms with Gasteiger partial charge in [0.1, 0.15) is 18.1 Å². The maximum atomic E-state index is 12.3. The Morgan fingerprint density at radius 2 is 1.92 bits per heavy atom. The molecule has 2 aromatic carbocycles. The van der Waals surface area contributed by atoms with Gasteiger partial charge in [0.05, 0.1) is 0 Å². The summed E-state index contributed by atoms with van der Waals surface area (Å²) in [5.74, 6) is 1.22. The second-order valence-electron chi connectivity index (χ2n) is 5.42. The van der Waals surface area contributed by atoms with Gasteiger partial charge in [0.15, 0.2) is 5.76 Å². The summed E-state index contributed by atoms with van der Waals surface area (Å²) >= 11 is 8.20. The highest BCUT2D eigenvalue weighted by Crippen LogP contribution is 2.22. The number of hydrogen-bond acceptors (Lipinski definition) is 3. The van der Waals surface area contributed by atoms with Crippen LogP contribution in [0, 0.1) is 10.5 Å². The van der Waals surface area contributed by atoms with Gasteiger partial charge in [0.2, 0.25) is 0 Å². The molecule has 0 radical (unpaired) electrons. The SMILES string of the molecule is Cc1ccc(Cl)cc1NC(=O)c1ccc(COc2ccc(I)cc2)o1. The molecule has 1 aromatic heterocycles. The molecule has 3 aromatic rings. The zero-order valence-corrected chi connectivity index (χ0v) is 16.3. The van der Waals surface area contributed by atoms with Crippen LogP contribution in [0.3, 0.4) is 0 Å². The van der Waals surface area contributed by atoms with Gasteiger partial charge in [0, 0.05) is 14.3 Å². The molecule has 0 fully saturated rings. The Morgan fingerprint density at radius 3 is 2.68 bits per heavy atom. The van der Waals surface area contributed by atoms with Crippen LogP contribution in [0.4, 0.5) is 5.69 Å². The highest BCUT2D eigenvalue weighted by molar-refractivity contribution is 14.1. The van der Waals surface area contributed by atoms with Gasteiger partial charge >= 0.3 is 0 Å². The van der Waals surface area contributed by atoms with E-state index in [0.29, 0.717) is 16.5 Å². The Morgan fingerprint density at radius 1 is 1.16 bits per heavy atom. The van der Waals surface area contributed by atoms with E-state index in [-0.39, 0.29) is 18.3 Å². The molecule has 1 amide bonds. The van der Waals surface area contributed by atoms with Crippen LogP contribution in [0.25, 0.3) is 0 Å². The summed E-state index contributed by atoms with van der Waals surface area (Å²) in [6, 6.07) is 16.4. The third kappa shape index (κ3) is 4.76. The van der Waals surface area contributed by atoms with Gasteiger partial charge in [0.25, 0.3) is 5.91 Å². The highest BCUT2D eigenvalue weighted by atomic mass is 127. The first-order chi connectivity index (χ1) is 12.0. The van der Waals surface area contributed by atoms with Gasteiger partial charge in [-0.25, -0.2) is 0 Å². The summed E-state index contributed by atoms with van der Waals surface area (Å²) < 4.78 is 12.3. The predicted octanol–water partition coefficient (Wildman–Crippen LogP) is 5.68. The minimum Gasteiger partial charge on any atom is -0.486 e. The molecule has 1 N–H and O–H groups in total. The normalized spacial score (nSPS) is 10.5. The minimum absolute atomic E-state index is 0.223. The molecule has 128 valence electrons. The molecule has 0 atom stereocenters. The number of ether oxygens (including phenoxy) is 1. The maximum absolute atomic E-state index is 12.3. The minimum atomic E-state index is -0.328. The van der Waals surface area contributed by atoms with Crippen LogP contribution in [0.15, 0.2) is 59.0 Å². The fourth-order valence-corrected chi connectivity index (χ4v) is 2.71.